The van der Waals surface area contributed by atoms with Crippen LogP contribution in [0.1, 0.15) is 65.7 Å². The molecule has 134 valence electrons. The Balaban J connectivity index is 2.89. The van der Waals surface area contributed by atoms with Crippen molar-refractivity contribution in [1.82, 2.24) is 15.0 Å². The molecule has 0 bridgehead atoms. The van der Waals surface area contributed by atoms with Crippen LogP contribution < -0.4 is 3.71 Å². The Hall–Kier alpha value is -0.101. The van der Waals surface area contributed by atoms with Crippen molar-refractivity contribution in [1.29, 1.82) is 0 Å². The van der Waals surface area contributed by atoms with Crippen LogP contribution in [-0.4, -0.2) is 47.1 Å². The second-order valence-corrected chi connectivity index (χ2v) is 19.9. The van der Waals surface area contributed by atoms with E-state index in [0.29, 0.717) is 0 Å². The fourth-order valence-electron chi connectivity index (χ4n) is 3.33. The third kappa shape index (κ3) is 7.12. The quantitative estimate of drug-likeness (QED) is 0.325. The predicted octanol–water partition coefficient (Wildman–Crippen LogP) is 4.37. The number of unbranched alkanes of at least 4 members (excludes halogenated alkanes) is 3. The molecule has 0 N–H and O–H groups in total. The number of ether oxygens (including phenoxy) is 1. The number of methoxy groups -OCH3 is 1. The van der Waals surface area contributed by atoms with Crippen LogP contribution in [0.5, 0.6) is 0 Å². The molecule has 0 spiro atoms. The van der Waals surface area contributed by atoms with Crippen molar-refractivity contribution in [3.63, 3.8) is 0 Å². The van der Waals surface area contributed by atoms with Gasteiger partial charge < -0.3 is 0 Å². The molecule has 0 atom stereocenters. The average molecular weight is 430 g/mol. The molecule has 0 fully saturated rings. The zero-order valence-electron chi connectivity index (χ0n) is 15.8. The van der Waals surface area contributed by atoms with E-state index in [1.54, 1.807) is 7.11 Å². The van der Waals surface area contributed by atoms with E-state index in [2.05, 4.69) is 36.9 Å². The van der Waals surface area contributed by atoms with Crippen molar-refractivity contribution in [2.24, 2.45) is 0 Å². The van der Waals surface area contributed by atoms with Crippen LogP contribution in [0, 0.1) is 0 Å². The zero-order chi connectivity index (χ0) is 17.0. The summed E-state index contributed by atoms with van der Waals surface area (Å²) in [5.41, 5.74) is 0. The normalized spacial score (nSPS) is 12.0. The van der Waals surface area contributed by atoms with Crippen molar-refractivity contribution in [2.45, 2.75) is 85.6 Å². The molecular formula is C18H37N3OSn. The van der Waals surface area contributed by atoms with E-state index >= 15 is 0 Å². The number of hydrogen-bond donors (Lipinski definition) is 0. The number of nitrogens with zero attached hydrogens (tertiary/aromatic N) is 3. The van der Waals surface area contributed by atoms with E-state index in [0.717, 1.165) is 19.6 Å². The summed E-state index contributed by atoms with van der Waals surface area (Å²) in [6.07, 6.45) is 11.4. The molecule has 1 aromatic heterocycles. The van der Waals surface area contributed by atoms with Gasteiger partial charge in [-0.3, -0.25) is 0 Å². The Morgan fingerprint density at radius 3 is 2.00 bits per heavy atom. The Bertz CT molecular complexity index is 387. The van der Waals surface area contributed by atoms with Gasteiger partial charge in [0.25, 0.3) is 0 Å². The number of aryl methyl sites for hydroxylation is 1. The van der Waals surface area contributed by atoms with Gasteiger partial charge >= 0.3 is 147 Å². The summed E-state index contributed by atoms with van der Waals surface area (Å²) in [4.78, 5) is 0. The summed E-state index contributed by atoms with van der Waals surface area (Å²) in [6.45, 7) is 8.68. The minimum atomic E-state index is -2.37. The SMILES string of the molecule is CCC[CH2][Sn]([CH2]CCC)([CH2]CCC)[c]1cn(CCCOC)nn1. The Labute approximate surface area is 147 Å². The summed E-state index contributed by atoms with van der Waals surface area (Å²) in [6, 6.07) is 0. The summed E-state index contributed by atoms with van der Waals surface area (Å²) in [7, 11) is 1.76. The van der Waals surface area contributed by atoms with Gasteiger partial charge in [0.2, 0.25) is 0 Å². The Morgan fingerprint density at radius 2 is 1.52 bits per heavy atom. The maximum absolute atomic E-state index is 5.15. The van der Waals surface area contributed by atoms with Gasteiger partial charge in [0.1, 0.15) is 0 Å². The topological polar surface area (TPSA) is 39.9 Å². The monoisotopic (exact) mass is 431 g/mol. The molecule has 0 aliphatic rings. The van der Waals surface area contributed by atoms with E-state index in [4.69, 9.17) is 9.84 Å². The summed E-state index contributed by atoms with van der Waals surface area (Å²) < 4.78 is 13.0. The zero-order valence-corrected chi connectivity index (χ0v) is 18.7. The molecule has 0 aliphatic carbocycles. The number of hydrogen-bond acceptors (Lipinski definition) is 3. The first kappa shape index (κ1) is 20.9. The van der Waals surface area contributed by atoms with Crippen LogP contribution in [-0.2, 0) is 11.3 Å². The van der Waals surface area contributed by atoms with E-state index < -0.39 is 18.4 Å². The van der Waals surface area contributed by atoms with E-state index in [-0.39, 0.29) is 0 Å². The Kier molecular flexibility index (Phi) is 11.2. The molecular weight excluding hydrogens is 393 g/mol. The average Bonchev–Trinajstić information content (AvgIpc) is 3.04. The van der Waals surface area contributed by atoms with Gasteiger partial charge in [-0.1, -0.05) is 0 Å². The van der Waals surface area contributed by atoms with Crippen molar-refractivity contribution < 1.29 is 4.74 Å². The van der Waals surface area contributed by atoms with Crippen LogP contribution in [0.4, 0.5) is 0 Å². The van der Waals surface area contributed by atoms with Gasteiger partial charge in [-0.2, -0.15) is 0 Å². The molecule has 4 nitrogen and oxygen atoms in total. The summed E-state index contributed by atoms with van der Waals surface area (Å²) >= 11 is -2.37. The Morgan fingerprint density at radius 1 is 0.957 bits per heavy atom. The van der Waals surface area contributed by atoms with E-state index in [9.17, 15) is 0 Å². The first-order valence-corrected chi connectivity index (χ1v) is 17.1. The fraction of sp³-hybridized carbons (Fsp3) is 0.889. The minimum absolute atomic E-state index is 0.797. The van der Waals surface area contributed by atoms with Gasteiger partial charge in [0.05, 0.1) is 0 Å². The van der Waals surface area contributed by atoms with Crippen molar-refractivity contribution in [3.8, 4) is 0 Å². The fourth-order valence-corrected chi connectivity index (χ4v) is 18.4. The molecule has 0 radical (unpaired) electrons. The molecule has 0 amide bonds. The van der Waals surface area contributed by atoms with Crippen LogP contribution in [0.25, 0.3) is 0 Å². The van der Waals surface area contributed by atoms with E-state index in [1.165, 1.54) is 55.5 Å². The number of aromatic nitrogens is 3. The predicted molar refractivity (Wildman–Crippen MR) is 101 cm³/mol. The van der Waals surface area contributed by atoms with Crippen LogP contribution >= 0.6 is 0 Å². The van der Waals surface area contributed by atoms with Crippen LogP contribution in [0.15, 0.2) is 6.20 Å². The summed E-state index contributed by atoms with van der Waals surface area (Å²) in [5.74, 6) is 0. The maximum atomic E-state index is 5.15. The molecule has 1 heterocycles. The molecule has 0 saturated heterocycles. The van der Waals surface area contributed by atoms with Crippen LogP contribution in [0.3, 0.4) is 0 Å². The van der Waals surface area contributed by atoms with Crippen molar-refractivity contribution in [3.05, 3.63) is 6.20 Å². The van der Waals surface area contributed by atoms with Gasteiger partial charge in [-0.05, 0) is 0 Å². The third-order valence-corrected chi connectivity index (χ3v) is 19.8. The molecule has 0 unspecified atom stereocenters. The molecule has 1 rings (SSSR count). The van der Waals surface area contributed by atoms with E-state index in [1.807, 2.05) is 0 Å². The third-order valence-electron chi connectivity index (χ3n) is 4.84. The molecule has 0 aromatic carbocycles. The van der Waals surface area contributed by atoms with Crippen molar-refractivity contribution >= 4 is 22.1 Å². The standard InChI is InChI=1S/C6H10N3O.3C4H9.Sn/c1-10-6-2-4-9-5-3-7-8-9;3*1-3-4-2;/h5H,2,4,6H2,1H3;3*1,3-4H2,2H3;. The molecule has 0 saturated carbocycles. The molecule has 5 heteroatoms. The second kappa shape index (κ2) is 12.3. The van der Waals surface area contributed by atoms with Crippen molar-refractivity contribution in [2.75, 3.05) is 13.7 Å². The first-order valence-electron chi connectivity index (χ1n) is 9.62. The van der Waals surface area contributed by atoms with Crippen LogP contribution in [0.2, 0.25) is 13.3 Å². The molecule has 1 aromatic rings. The van der Waals surface area contributed by atoms with Gasteiger partial charge in [-0.25, -0.2) is 0 Å². The second-order valence-electron chi connectivity index (χ2n) is 6.80. The van der Waals surface area contributed by atoms with Gasteiger partial charge in [0.15, 0.2) is 0 Å². The van der Waals surface area contributed by atoms with Gasteiger partial charge in [0, 0.05) is 0 Å². The molecule has 23 heavy (non-hydrogen) atoms. The number of rotatable bonds is 14. The first-order chi connectivity index (χ1) is 11.2. The molecule has 0 aliphatic heterocycles. The summed E-state index contributed by atoms with van der Waals surface area (Å²) in [5, 5.41) is 9.13. The van der Waals surface area contributed by atoms with Gasteiger partial charge in [-0.15, -0.1) is 0 Å².